The van der Waals surface area contributed by atoms with Gasteiger partial charge in [-0.05, 0) is 5.30 Å². The predicted octanol–water partition coefficient (Wildman–Crippen LogP) is 0.369. The van der Waals surface area contributed by atoms with Gasteiger partial charge in [0.05, 0.1) is 0 Å². The van der Waals surface area contributed by atoms with Crippen molar-refractivity contribution in [2.24, 2.45) is 0 Å². The Labute approximate surface area is 208 Å². The Morgan fingerprint density at radius 2 is 1.27 bits per heavy atom. The van der Waals surface area contributed by atoms with Crippen molar-refractivity contribution in [3.8, 4) is 0 Å². The first-order valence-electron chi connectivity index (χ1n) is 9.30. The van der Waals surface area contributed by atoms with E-state index < -0.39 is 0 Å². The summed E-state index contributed by atoms with van der Waals surface area (Å²) in [6, 6.07) is 34.5. The van der Waals surface area contributed by atoms with Gasteiger partial charge >= 0.3 is 21.7 Å². The Morgan fingerprint density at radius 3 is 1.97 bits per heavy atom. The van der Waals surface area contributed by atoms with Crippen LogP contribution in [0.5, 0.6) is 0 Å². The Morgan fingerprint density at radius 1 is 0.667 bits per heavy atom. The molecule has 0 saturated carbocycles. The second kappa shape index (κ2) is 12.5. The van der Waals surface area contributed by atoms with Gasteiger partial charge in [0.1, 0.15) is 0 Å². The molecule has 5 aromatic carbocycles. The van der Waals surface area contributed by atoms with Crippen LogP contribution < -0.4 is 35.4 Å². The third kappa shape index (κ3) is 6.30. The summed E-state index contributed by atoms with van der Waals surface area (Å²) in [6.45, 7) is 4.34. The van der Waals surface area contributed by atoms with Crippen LogP contribution in [-0.2, 0) is 21.7 Å². The molecule has 0 bridgehead atoms. The maximum atomic E-state index is 2.29. The fourth-order valence-corrected chi connectivity index (χ4v) is 4.79. The van der Waals surface area contributed by atoms with Crippen LogP contribution in [0.25, 0.3) is 21.5 Å². The minimum absolute atomic E-state index is 0. The van der Waals surface area contributed by atoms with Crippen molar-refractivity contribution >= 4 is 40.7 Å². The Hall–Kier alpha value is -1.40. The van der Waals surface area contributed by atoms with Crippen LogP contribution >= 0.6 is 8.58 Å². The molecule has 1 atom stereocenters. The van der Waals surface area contributed by atoms with Crippen LogP contribution in [-0.4, -0.2) is 0 Å². The number of fused-ring (bicyclic) bond motifs is 2. The minimum Gasteiger partial charge on any atom is -1.00 e. The summed E-state index contributed by atoms with van der Waals surface area (Å²) in [5, 5.41) is 8.37. The average molecular weight is 485 g/mol. The maximum absolute atomic E-state index is 2.29. The van der Waals surface area contributed by atoms with E-state index in [1.54, 1.807) is 0 Å². The largest absolute Gasteiger partial charge is 4.00 e. The zero-order chi connectivity index (χ0) is 18.6. The molecule has 4 heteroatoms. The molecule has 0 spiro atoms. The van der Waals surface area contributed by atoms with Crippen molar-refractivity contribution in [3.05, 3.63) is 108 Å². The van der Waals surface area contributed by atoms with E-state index in [1.165, 1.54) is 43.3 Å². The zero-order valence-electron chi connectivity index (χ0n) is 17.0. The fraction of sp³-hybridized carbons (Fsp3) is 0.0769. The topological polar surface area (TPSA) is 0 Å². The molecule has 1 unspecified atom stereocenters. The van der Waals surface area contributed by atoms with E-state index in [0.717, 1.165) is 8.58 Å². The van der Waals surface area contributed by atoms with Crippen LogP contribution in [0.3, 0.4) is 0 Å². The summed E-state index contributed by atoms with van der Waals surface area (Å²) < 4.78 is 0. The number of hydrogen-bond acceptors (Lipinski definition) is 0. The van der Waals surface area contributed by atoms with Crippen molar-refractivity contribution in [1.82, 2.24) is 0 Å². The van der Waals surface area contributed by atoms with Crippen LogP contribution in [0.2, 0.25) is 0 Å². The summed E-state index contributed by atoms with van der Waals surface area (Å²) in [6.07, 6.45) is 0. The van der Waals surface area contributed by atoms with Gasteiger partial charge in [0.25, 0.3) is 0 Å². The summed E-state index contributed by atoms with van der Waals surface area (Å²) in [4.78, 5) is 0. The SMILES string of the molecule is Cc1[cH-]c2ccccc2c1Pc1ccccc1.Cc1cc2ccccc2[cH-]1.[Cl-].[Cl-].[Ti+4]. The molecule has 0 aliphatic heterocycles. The molecule has 30 heavy (non-hydrogen) atoms. The van der Waals surface area contributed by atoms with Gasteiger partial charge < -0.3 is 24.8 Å². The predicted molar refractivity (Wildman–Crippen MR) is 123 cm³/mol. The van der Waals surface area contributed by atoms with Gasteiger partial charge in [-0.3, -0.25) is 0 Å². The standard InChI is InChI=1S/C16H14P.C10H9.2ClH.Ti/c1-12-11-13-7-5-6-10-15(13)16(12)17-14-8-3-2-4-9-14;1-8-6-9-4-2-3-5-10(9)7-8;;;/h2-11,17H,1H3;2-7H,1H3;2*1H;/q2*-1;;;+4/p-2. The first-order chi connectivity index (χ1) is 13.2. The normalized spacial score (nSPS) is 10.1. The number of benzene rings is 3. The molecule has 5 rings (SSSR count). The summed E-state index contributed by atoms with van der Waals surface area (Å²) >= 11 is 0. The molecule has 0 saturated heterocycles. The summed E-state index contributed by atoms with van der Waals surface area (Å²) in [5.41, 5.74) is 2.76. The van der Waals surface area contributed by atoms with E-state index >= 15 is 0 Å². The molecule has 0 radical (unpaired) electrons. The number of rotatable bonds is 2. The van der Waals surface area contributed by atoms with Crippen molar-refractivity contribution < 1.29 is 46.5 Å². The Kier molecular flexibility index (Phi) is 11.1. The van der Waals surface area contributed by atoms with Gasteiger partial charge in [-0.1, -0.05) is 56.3 Å². The molecule has 150 valence electrons. The average Bonchev–Trinajstić information content (AvgIpc) is 3.22. The van der Waals surface area contributed by atoms with Crippen LogP contribution in [0.1, 0.15) is 11.1 Å². The van der Waals surface area contributed by atoms with Crippen molar-refractivity contribution in [2.45, 2.75) is 13.8 Å². The molecule has 0 fully saturated rings. The monoisotopic (exact) mass is 484 g/mol. The first-order valence-corrected chi connectivity index (χ1v) is 10.3. The molecule has 5 aromatic rings. The van der Waals surface area contributed by atoms with E-state index in [4.69, 9.17) is 0 Å². The quantitative estimate of drug-likeness (QED) is 0.193. The smallest absolute Gasteiger partial charge is 1.00 e. The van der Waals surface area contributed by atoms with Gasteiger partial charge in [0, 0.05) is 0 Å². The molecule has 0 nitrogen and oxygen atoms in total. The summed E-state index contributed by atoms with van der Waals surface area (Å²) in [5.74, 6) is 0. The van der Waals surface area contributed by atoms with E-state index in [0.29, 0.717) is 0 Å². The molecule has 0 aromatic heterocycles. The second-order valence-electron chi connectivity index (χ2n) is 6.94. The van der Waals surface area contributed by atoms with Crippen LogP contribution in [0, 0.1) is 13.8 Å². The molecule has 0 heterocycles. The molecular weight excluding hydrogens is 462 g/mol. The number of halogens is 2. The van der Waals surface area contributed by atoms with E-state index in [9.17, 15) is 0 Å². The molecule has 0 aliphatic carbocycles. The third-order valence-corrected chi connectivity index (χ3v) is 6.34. The maximum Gasteiger partial charge on any atom is 4.00 e. The molecule has 0 amide bonds. The molecule has 0 aliphatic rings. The summed E-state index contributed by atoms with van der Waals surface area (Å²) in [7, 11) is 0.754. The van der Waals surface area contributed by atoms with Gasteiger partial charge in [0.2, 0.25) is 0 Å². The van der Waals surface area contributed by atoms with Gasteiger partial charge in [-0.2, -0.15) is 6.07 Å². The number of hydrogen-bond donors (Lipinski definition) is 0. The first kappa shape index (κ1) is 26.6. The van der Waals surface area contributed by atoms with Gasteiger partial charge in [-0.25, -0.2) is 0 Å². The van der Waals surface area contributed by atoms with Crippen molar-refractivity contribution in [2.75, 3.05) is 0 Å². The van der Waals surface area contributed by atoms with Gasteiger partial charge in [0.15, 0.2) is 0 Å². The Bertz CT molecular complexity index is 1140. The van der Waals surface area contributed by atoms with E-state index in [2.05, 4.69) is 111 Å². The molecular formula is C26H23Cl2PTi. The van der Waals surface area contributed by atoms with Crippen LogP contribution in [0.15, 0.2) is 97.1 Å². The third-order valence-electron chi connectivity index (χ3n) is 4.80. The van der Waals surface area contributed by atoms with Gasteiger partial charge in [-0.15, -0.1) is 95.1 Å². The Balaban J connectivity index is 0.000000302. The van der Waals surface area contributed by atoms with E-state index in [1.807, 2.05) is 0 Å². The van der Waals surface area contributed by atoms with E-state index in [-0.39, 0.29) is 46.5 Å². The van der Waals surface area contributed by atoms with Crippen LogP contribution in [0.4, 0.5) is 0 Å². The second-order valence-corrected chi connectivity index (χ2v) is 8.27. The zero-order valence-corrected chi connectivity index (χ0v) is 21.1. The fourth-order valence-electron chi connectivity index (χ4n) is 3.51. The number of aryl methyl sites for hydroxylation is 2. The minimum atomic E-state index is 0. The molecule has 0 N–H and O–H groups in total. The van der Waals surface area contributed by atoms with Crippen molar-refractivity contribution in [3.63, 3.8) is 0 Å². The van der Waals surface area contributed by atoms with Crippen molar-refractivity contribution in [1.29, 1.82) is 0 Å².